The van der Waals surface area contributed by atoms with Crippen molar-refractivity contribution in [2.75, 3.05) is 17.7 Å². The number of rotatable bonds is 4. The summed E-state index contributed by atoms with van der Waals surface area (Å²) < 4.78 is 5.13. The first-order valence-corrected chi connectivity index (χ1v) is 7.91. The van der Waals surface area contributed by atoms with Gasteiger partial charge in [0.25, 0.3) is 5.69 Å². The molecule has 0 aliphatic heterocycles. The summed E-state index contributed by atoms with van der Waals surface area (Å²) in [7, 11) is 1.40. The molecule has 0 amide bonds. The van der Waals surface area contributed by atoms with Crippen LogP contribution < -0.4 is 15.4 Å². The number of thiocarbonyl (C=S) groups is 1. The summed E-state index contributed by atoms with van der Waals surface area (Å²) in [4.78, 5) is 10.3. The number of benzene rings is 2. The number of hydrogen-bond donors (Lipinski definition) is 2. The van der Waals surface area contributed by atoms with Crippen molar-refractivity contribution in [2.24, 2.45) is 0 Å². The molecule has 10 heteroatoms. The van der Waals surface area contributed by atoms with Gasteiger partial charge in [0.05, 0.1) is 44.5 Å². The summed E-state index contributed by atoms with van der Waals surface area (Å²) in [6.07, 6.45) is 0. The number of methoxy groups -OCH3 is 1. The minimum absolute atomic E-state index is 0.0937. The molecule has 0 atom stereocenters. The maximum absolute atomic E-state index is 10.8. The zero-order valence-electron chi connectivity index (χ0n) is 12.1. The van der Waals surface area contributed by atoms with E-state index in [2.05, 4.69) is 10.6 Å². The summed E-state index contributed by atoms with van der Waals surface area (Å²) in [6.45, 7) is 0. The second kappa shape index (κ2) is 7.85. The summed E-state index contributed by atoms with van der Waals surface area (Å²) in [5.74, 6) is 0.272. The number of nitro groups is 1. The lowest BCUT2D eigenvalue weighted by atomic mass is 10.2. The topological polar surface area (TPSA) is 76.4 Å². The number of hydrogen-bond acceptors (Lipinski definition) is 4. The molecule has 24 heavy (non-hydrogen) atoms. The SMILES string of the molecule is COc1cc([N+](=O)[O-])ccc1NC(=S)Nc1cc(Cl)c(Cl)cc1Cl. The van der Waals surface area contributed by atoms with Gasteiger partial charge in [-0.1, -0.05) is 34.8 Å². The van der Waals surface area contributed by atoms with Crippen LogP contribution >= 0.6 is 47.0 Å². The molecule has 2 aromatic rings. The summed E-state index contributed by atoms with van der Waals surface area (Å²) in [5.41, 5.74) is 0.824. The van der Waals surface area contributed by atoms with E-state index < -0.39 is 4.92 Å². The van der Waals surface area contributed by atoms with Crippen LogP contribution in [0.15, 0.2) is 30.3 Å². The van der Waals surface area contributed by atoms with Crippen molar-refractivity contribution >= 4 is 69.2 Å². The Bertz CT molecular complexity index is 817. The van der Waals surface area contributed by atoms with E-state index in [4.69, 9.17) is 51.8 Å². The maximum atomic E-state index is 10.8. The van der Waals surface area contributed by atoms with Crippen LogP contribution in [-0.4, -0.2) is 17.1 Å². The van der Waals surface area contributed by atoms with Crippen molar-refractivity contribution in [1.82, 2.24) is 0 Å². The van der Waals surface area contributed by atoms with Gasteiger partial charge in [0.15, 0.2) is 5.11 Å². The second-order valence-corrected chi connectivity index (χ2v) is 6.10. The van der Waals surface area contributed by atoms with E-state index in [-0.39, 0.29) is 16.5 Å². The standard InChI is InChI=1S/C14H10Cl3N3O3S/c1-23-13-4-7(20(21)22)2-3-11(13)18-14(24)19-12-6-9(16)8(15)5-10(12)17/h2-6H,1H3,(H2,18,19,24). The Morgan fingerprint density at radius 3 is 2.33 bits per heavy atom. The van der Waals surface area contributed by atoms with E-state index in [1.54, 1.807) is 0 Å². The normalized spacial score (nSPS) is 10.2. The molecular weight excluding hydrogens is 397 g/mol. The molecule has 0 aliphatic rings. The van der Waals surface area contributed by atoms with Crippen LogP contribution in [-0.2, 0) is 0 Å². The number of nitro benzene ring substituents is 1. The Labute approximate surface area is 157 Å². The van der Waals surface area contributed by atoms with Crippen molar-refractivity contribution < 1.29 is 9.66 Å². The van der Waals surface area contributed by atoms with Crippen LogP contribution in [0.4, 0.5) is 17.1 Å². The van der Waals surface area contributed by atoms with Crippen molar-refractivity contribution in [3.63, 3.8) is 0 Å². The van der Waals surface area contributed by atoms with Gasteiger partial charge in [0.2, 0.25) is 0 Å². The molecule has 0 radical (unpaired) electrons. The van der Waals surface area contributed by atoms with Gasteiger partial charge in [-0.15, -0.1) is 0 Å². The summed E-state index contributed by atoms with van der Waals surface area (Å²) >= 11 is 23.1. The number of halogens is 3. The van der Waals surface area contributed by atoms with Crippen LogP contribution in [0, 0.1) is 10.1 Å². The van der Waals surface area contributed by atoms with Gasteiger partial charge in [-0.2, -0.15) is 0 Å². The highest BCUT2D eigenvalue weighted by Crippen LogP contribution is 2.33. The number of ether oxygens (including phenoxy) is 1. The van der Waals surface area contributed by atoms with Gasteiger partial charge in [-0.25, -0.2) is 0 Å². The van der Waals surface area contributed by atoms with Crippen LogP contribution in [0.5, 0.6) is 5.75 Å². The zero-order chi connectivity index (χ0) is 17.9. The Balaban J connectivity index is 2.18. The molecule has 6 nitrogen and oxygen atoms in total. The van der Waals surface area contributed by atoms with Gasteiger partial charge in [0, 0.05) is 6.07 Å². The molecule has 0 fully saturated rings. The minimum Gasteiger partial charge on any atom is -0.494 e. The third-order valence-corrected chi connectivity index (χ3v) is 4.14. The second-order valence-electron chi connectivity index (χ2n) is 4.47. The van der Waals surface area contributed by atoms with Gasteiger partial charge < -0.3 is 15.4 Å². The number of anilines is 2. The predicted octanol–water partition coefficient (Wildman–Crippen LogP) is 5.37. The molecule has 0 aromatic heterocycles. The summed E-state index contributed by atoms with van der Waals surface area (Å²) in [6, 6.07) is 7.13. The highest BCUT2D eigenvalue weighted by molar-refractivity contribution is 7.80. The van der Waals surface area contributed by atoms with Crippen LogP contribution in [0.2, 0.25) is 15.1 Å². The lowest BCUT2D eigenvalue weighted by Gasteiger charge is -2.14. The van der Waals surface area contributed by atoms with Crippen molar-refractivity contribution in [3.8, 4) is 5.75 Å². The van der Waals surface area contributed by atoms with Gasteiger partial charge in [-0.05, 0) is 30.4 Å². The first-order valence-electron chi connectivity index (χ1n) is 6.36. The molecule has 0 spiro atoms. The van der Waals surface area contributed by atoms with Gasteiger partial charge in [0.1, 0.15) is 5.75 Å². The Morgan fingerprint density at radius 1 is 1.08 bits per heavy atom. The highest BCUT2D eigenvalue weighted by atomic mass is 35.5. The Kier molecular flexibility index (Phi) is 6.06. The molecule has 2 rings (SSSR count). The van der Waals surface area contributed by atoms with Crippen molar-refractivity contribution in [1.29, 1.82) is 0 Å². The molecular formula is C14H10Cl3N3O3S. The van der Waals surface area contributed by atoms with Crippen LogP contribution in [0.25, 0.3) is 0 Å². The average molecular weight is 407 g/mol. The predicted molar refractivity (Wildman–Crippen MR) is 101 cm³/mol. The van der Waals surface area contributed by atoms with E-state index >= 15 is 0 Å². The van der Waals surface area contributed by atoms with Crippen molar-refractivity contribution in [3.05, 3.63) is 55.5 Å². The van der Waals surface area contributed by atoms with E-state index in [9.17, 15) is 10.1 Å². The highest BCUT2D eigenvalue weighted by Gasteiger charge is 2.13. The smallest absolute Gasteiger partial charge is 0.273 e. The molecule has 0 saturated carbocycles. The first kappa shape index (κ1) is 18.5. The molecule has 2 N–H and O–H groups in total. The molecule has 0 heterocycles. The van der Waals surface area contributed by atoms with E-state index in [1.807, 2.05) is 0 Å². The van der Waals surface area contributed by atoms with Crippen LogP contribution in [0.3, 0.4) is 0 Å². The molecule has 0 bridgehead atoms. The Hall–Kier alpha value is -1.80. The lowest BCUT2D eigenvalue weighted by molar-refractivity contribution is -0.384. The fraction of sp³-hybridized carbons (Fsp3) is 0.0714. The quantitative estimate of drug-likeness (QED) is 0.307. The molecule has 2 aromatic carbocycles. The first-order chi connectivity index (χ1) is 11.3. The average Bonchev–Trinajstić information content (AvgIpc) is 2.52. The number of non-ortho nitro benzene ring substituents is 1. The molecule has 126 valence electrons. The van der Waals surface area contributed by atoms with E-state index in [0.29, 0.717) is 26.4 Å². The molecule has 0 aliphatic carbocycles. The van der Waals surface area contributed by atoms with Gasteiger partial charge in [-0.3, -0.25) is 10.1 Å². The number of nitrogens with one attached hydrogen (secondary N) is 2. The molecule has 0 unspecified atom stereocenters. The fourth-order valence-electron chi connectivity index (χ4n) is 1.79. The summed E-state index contributed by atoms with van der Waals surface area (Å²) in [5, 5.41) is 17.7. The zero-order valence-corrected chi connectivity index (χ0v) is 15.2. The monoisotopic (exact) mass is 405 g/mol. The molecule has 0 saturated heterocycles. The lowest BCUT2D eigenvalue weighted by Crippen LogP contribution is -2.19. The van der Waals surface area contributed by atoms with E-state index in [1.165, 1.54) is 37.4 Å². The van der Waals surface area contributed by atoms with Crippen molar-refractivity contribution in [2.45, 2.75) is 0 Å². The largest absolute Gasteiger partial charge is 0.494 e. The third-order valence-electron chi connectivity index (χ3n) is 2.90. The minimum atomic E-state index is -0.516. The Morgan fingerprint density at radius 2 is 1.71 bits per heavy atom. The third kappa shape index (κ3) is 4.39. The maximum Gasteiger partial charge on any atom is 0.273 e. The fourth-order valence-corrected chi connectivity index (χ4v) is 2.60. The number of nitrogens with zero attached hydrogens (tertiary/aromatic N) is 1. The van der Waals surface area contributed by atoms with Crippen LogP contribution in [0.1, 0.15) is 0 Å². The van der Waals surface area contributed by atoms with Gasteiger partial charge >= 0.3 is 0 Å². The van der Waals surface area contributed by atoms with E-state index in [0.717, 1.165) is 0 Å².